The summed E-state index contributed by atoms with van der Waals surface area (Å²) >= 11 is 0. The summed E-state index contributed by atoms with van der Waals surface area (Å²) in [6.07, 6.45) is 4.61. The number of allylic oxidation sites excluding steroid dienone is 1. The first-order chi connectivity index (χ1) is 18.7. The van der Waals surface area contributed by atoms with Crippen molar-refractivity contribution in [1.82, 2.24) is 29.2 Å². The molecule has 2 aliphatic rings. The first kappa shape index (κ1) is 25.3. The highest BCUT2D eigenvalue weighted by atomic mass is 16.3. The number of fused-ring (bicyclic) bond motifs is 2. The van der Waals surface area contributed by atoms with Crippen molar-refractivity contribution in [2.45, 2.75) is 38.8 Å². The molecule has 2 N–H and O–H groups in total. The molecule has 1 aliphatic heterocycles. The van der Waals surface area contributed by atoms with Crippen LogP contribution in [0.25, 0.3) is 16.9 Å². The van der Waals surface area contributed by atoms with E-state index in [2.05, 4.69) is 52.8 Å². The van der Waals surface area contributed by atoms with E-state index >= 15 is 0 Å². The topological polar surface area (TPSA) is 104 Å². The third kappa shape index (κ3) is 4.49. The Bertz CT molecular complexity index is 1630. The van der Waals surface area contributed by atoms with Crippen molar-refractivity contribution in [3.05, 3.63) is 76.4 Å². The Labute approximate surface area is 227 Å². The minimum atomic E-state index is -1.01. The van der Waals surface area contributed by atoms with Gasteiger partial charge in [-0.2, -0.15) is 4.98 Å². The zero-order valence-corrected chi connectivity index (χ0v) is 22.7. The summed E-state index contributed by atoms with van der Waals surface area (Å²) in [5.74, 6) is 0.897. The van der Waals surface area contributed by atoms with Crippen molar-refractivity contribution >= 4 is 28.4 Å². The smallest absolute Gasteiger partial charge is 0.278 e. The number of nitrogens with one attached hydrogen (secondary N) is 1. The van der Waals surface area contributed by atoms with Crippen LogP contribution in [0.3, 0.4) is 0 Å². The largest absolute Gasteiger partial charge is 0.384 e. The van der Waals surface area contributed by atoms with Crippen molar-refractivity contribution in [1.29, 1.82) is 0 Å². The Balaban J connectivity index is 1.37. The van der Waals surface area contributed by atoms with Gasteiger partial charge in [-0.3, -0.25) is 4.79 Å². The number of likely N-dealkylation sites (N-methyl/N-ethyl adjacent to an activating group) is 1. The Morgan fingerprint density at radius 3 is 2.69 bits per heavy atom. The summed E-state index contributed by atoms with van der Waals surface area (Å²) in [5, 5.41) is 14.6. The van der Waals surface area contributed by atoms with Crippen LogP contribution >= 0.6 is 0 Å². The summed E-state index contributed by atoms with van der Waals surface area (Å²) in [6, 6.07) is 10.1. The molecule has 4 aromatic rings. The van der Waals surface area contributed by atoms with Crippen LogP contribution in [0, 0.1) is 6.92 Å². The van der Waals surface area contributed by atoms with Crippen LogP contribution < -0.4 is 15.8 Å². The number of anilines is 3. The summed E-state index contributed by atoms with van der Waals surface area (Å²) < 4.78 is 3.24. The number of aromatic nitrogens is 5. The van der Waals surface area contributed by atoms with E-state index in [1.165, 1.54) is 11.3 Å². The summed E-state index contributed by atoms with van der Waals surface area (Å²) in [5.41, 5.74) is 4.15. The van der Waals surface area contributed by atoms with Crippen LogP contribution in [0.2, 0.25) is 0 Å². The van der Waals surface area contributed by atoms with E-state index in [0.29, 0.717) is 34.9 Å². The van der Waals surface area contributed by atoms with Gasteiger partial charge in [0.25, 0.3) is 5.56 Å². The number of piperazine rings is 1. The predicted molar refractivity (Wildman–Crippen MR) is 153 cm³/mol. The molecule has 0 unspecified atom stereocenters. The first-order valence-electron chi connectivity index (χ1n) is 13.4. The van der Waals surface area contributed by atoms with Gasteiger partial charge in [-0.05, 0) is 69.1 Å². The van der Waals surface area contributed by atoms with Gasteiger partial charge in [0.15, 0.2) is 11.5 Å². The van der Waals surface area contributed by atoms with Crippen LogP contribution in [-0.2, 0) is 18.6 Å². The molecule has 0 amide bonds. The molecule has 0 saturated carbocycles. The van der Waals surface area contributed by atoms with Crippen LogP contribution in [0.1, 0.15) is 30.2 Å². The van der Waals surface area contributed by atoms with E-state index in [9.17, 15) is 9.90 Å². The molecule has 1 aliphatic carbocycles. The maximum absolute atomic E-state index is 13.3. The number of aryl methyl sites for hydroxylation is 2. The lowest BCUT2D eigenvalue weighted by atomic mass is 10.0. The molecule has 1 aromatic carbocycles. The lowest BCUT2D eigenvalue weighted by Gasteiger charge is -2.35. The minimum absolute atomic E-state index is 0.224. The Morgan fingerprint density at radius 2 is 1.95 bits per heavy atom. The predicted octanol–water partition coefficient (Wildman–Crippen LogP) is 3.12. The maximum Gasteiger partial charge on any atom is 0.278 e. The third-order valence-electron chi connectivity index (χ3n) is 7.85. The molecule has 10 nitrogen and oxygen atoms in total. The zero-order valence-electron chi connectivity index (χ0n) is 22.7. The van der Waals surface area contributed by atoms with Crippen molar-refractivity contribution in [2.75, 3.05) is 43.4 Å². The molecular weight excluding hydrogens is 492 g/mol. The molecule has 1 atom stereocenters. The zero-order chi connectivity index (χ0) is 27.3. The van der Waals surface area contributed by atoms with E-state index in [1.54, 1.807) is 28.6 Å². The average Bonchev–Trinajstić information content (AvgIpc) is 3.37. The molecular formula is C29H34N8O2. The second kappa shape index (κ2) is 9.62. The van der Waals surface area contributed by atoms with Crippen molar-refractivity contribution in [3.8, 4) is 5.82 Å². The molecule has 202 valence electrons. The molecule has 10 heteroatoms. The molecule has 0 spiro atoms. The quantitative estimate of drug-likeness (QED) is 0.370. The van der Waals surface area contributed by atoms with Gasteiger partial charge in [-0.15, -0.1) is 6.58 Å². The highest BCUT2D eigenvalue weighted by Crippen LogP contribution is 2.35. The summed E-state index contributed by atoms with van der Waals surface area (Å²) in [7, 11) is 2.16. The lowest BCUT2D eigenvalue weighted by molar-refractivity contribution is 0.0553. The fourth-order valence-electron chi connectivity index (χ4n) is 5.63. The lowest BCUT2D eigenvalue weighted by Crippen LogP contribution is -2.44. The highest BCUT2D eigenvalue weighted by molar-refractivity contribution is 5.77. The molecule has 39 heavy (non-hydrogen) atoms. The SMILES string of the molecule is C=CCn1c(=O)c2cnc(Nc3ccc(N4CCN(C)CC4)c(C)c3)nc2n1-c1ccc2c(n1)[C@](C)(O)CC2. The average molecular weight is 527 g/mol. The molecule has 6 rings (SSSR count). The van der Waals surface area contributed by atoms with Crippen LogP contribution in [-0.4, -0.2) is 67.5 Å². The normalized spacial score (nSPS) is 19.4. The number of rotatable bonds is 6. The van der Waals surface area contributed by atoms with Gasteiger partial charge in [0, 0.05) is 43.8 Å². The fraction of sp³-hybridized carbons (Fsp3) is 0.379. The van der Waals surface area contributed by atoms with Gasteiger partial charge >= 0.3 is 0 Å². The number of pyridine rings is 1. The Kier molecular flexibility index (Phi) is 6.23. The van der Waals surface area contributed by atoms with E-state index in [0.717, 1.165) is 43.9 Å². The fourth-order valence-corrected chi connectivity index (χ4v) is 5.63. The number of benzene rings is 1. The summed E-state index contributed by atoms with van der Waals surface area (Å²) in [6.45, 7) is 12.1. The standard InChI is InChI=1S/C29H34N8O2/c1-5-12-36-27(38)22-18-30-28(31-21-7-8-23(19(2)17-21)35-15-13-34(4)14-16-35)33-26(22)37(36)24-9-6-20-10-11-29(3,39)25(20)32-24/h5-9,17-18,39H,1,10-16H2,2-4H3,(H,30,31,33)/t29-/m1/s1. The second-order valence-electron chi connectivity index (χ2n) is 10.8. The van der Waals surface area contributed by atoms with Gasteiger partial charge in [0.05, 0.1) is 12.2 Å². The van der Waals surface area contributed by atoms with Crippen LogP contribution in [0.5, 0.6) is 0 Å². The second-order valence-corrected chi connectivity index (χ2v) is 10.8. The molecule has 4 heterocycles. The number of hydrogen-bond acceptors (Lipinski definition) is 8. The van der Waals surface area contributed by atoms with Crippen molar-refractivity contribution in [2.24, 2.45) is 0 Å². The number of aliphatic hydroxyl groups is 1. The minimum Gasteiger partial charge on any atom is -0.384 e. The maximum atomic E-state index is 13.3. The van der Waals surface area contributed by atoms with Gasteiger partial charge in [-0.25, -0.2) is 19.3 Å². The van der Waals surface area contributed by atoms with Gasteiger partial charge in [-0.1, -0.05) is 12.1 Å². The van der Waals surface area contributed by atoms with Gasteiger partial charge in [0.2, 0.25) is 5.95 Å². The molecule has 0 radical (unpaired) electrons. The third-order valence-corrected chi connectivity index (χ3v) is 7.85. The van der Waals surface area contributed by atoms with Crippen LogP contribution in [0.4, 0.5) is 17.3 Å². The molecule has 0 bridgehead atoms. The Hall–Kier alpha value is -4.02. The number of hydrogen-bond donors (Lipinski definition) is 2. The van der Waals surface area contributed by atoms with E-state index < -0.39 is 5.60 Å². The van der Waals surface area contributed by atoms with Gasteiger partial charge < -0.3 is 20.2 Å². The first-order valence-corrected chi connectivity index (χ1v) is 13.4. The van der Waals surface area contributed by atoms with E-state index in [1.807, 2.05) is 18.2 Å². The molecule has 1 saturated heterocycles. The van der Waals surface area contributed by atoms with Crippen molar-refractivity contribution in [3.63, 3.8) is 0 Å². The van der Waals surface area contributed by atoms with Gasteiger partial charge in [0.1, 0.15) is 11.0 Å². The van der Waals surface area contributed by atoms with E-state index in [-0.39, 0.29) is 12.1 Å². The molecule has 3 aromatic heterocycles. The molecule has 1 fully saturated rings. The summed E-state index contributed by atoms with van der Waals surface area (Å²) in [4.78, 5) is 32.1. The Morgan fingerprint density at radius 1 is 1.15 bits per heavy atom. The number of nitrogens with zero attached hydrogens (tertiary/aromatic N) is 7. The van der Waals surface area contributed by atoms with E-state index in [4.69, 9.17) is 9.97 Å². The van der Waals surface area contributed by atoms with Crippen molar-refractivity contribution < 1.29 is 5.11 Å². The monoisotopic (exact) mass is 526 g/mol. The highest BCUT2D eigenvalue weighted by Gasteiger charge is 2.34. The van der Waals surface area contributed by atoms with Crippen LogP contribution in [0.15, 0.2) is 54.0 Å².